The van der Waals surface area contributed by atoms with E-state index in [1.165, 1.54) is 53.7 Å². The number of hydrogen-bond donors (Lipinski definition) is 0. The molecule has 1 aliphatic rings. The van der Waals surface area contributed by atoms with Crippen molar-refractivity contribution in [3.05, 3.63) is 212 Å². The Balaban J connectivity index is 1.06. The van der Waals surface area contributed by atoms with Gasteiger partial charge in [0.05, 0.1) is 11.0 Å². The first-order valence-corrected chi connectivity index (χ1v) is 21.8. The number of benzene rings is 9. The van der Waals surface area contributed by atoms with Crippen LogP contribution in [0.1, 0.15) is 0 Å². The Bertz CT molecular complexity index is 3330. The number of fused-ring (bicyclic) bond motifs is 8. The van der Waals surface area contributed by atoms with Crippen molar-refractivity contribution < 1.29 is 9.15 Å². The molecule has 0 spiro atoms. The summed E-state index contributed by atoms with van der Waals surface area (Å²) >= 11 is 0. The predicted molar refractivity (Wildman–Crippen MR) is 243 cm³/mol. The van der Waals surface area contributed by atoms with Gasteiger partial charge < -0.3 is 13.7 Å². The summed E-state index contributed by atoms with van der Waals surface area (Å²) in [6.07, 6.45) is 0. The molecule has 0 atom stereocenters. The maximum absolute atomic E-state index is 7.06. The Kier molecular flexibility index (Phi) is 7.25. The van der Waals surface area contributed by atoms with Crippen LogP contribution in [0, 0.1) is 0 Å². The van der Waals surface area contributed by atoms with Gasteiger partial charge in [-0.3, -0.25) is 0 Å². The second-order valence-corrected chi connectivity index (χ2v) is 18.9. The molecule has 0 fully saturated rings. The highest BCUT2D eigenvalue weighted by molar-refractivity contribution is 7.20. The zero-order chi connectivity index (χ0) is 38.2. The lowest BCUT2D eigenvalue weighted by atomic mass is 10.0. The molecule has 12 rings (SSSR count). The lowest BCUT2D eigenvalue weighted by Gasteiger charge is -2.40. The zero-order valence-electron chi connectivity index (χ0n) is 31.5. The average molecular weight is 758 g/mol. The van der Waals surface area contributed by atoms with E-state index in [1.807, 2.05) is 0 Å². The third-order valence-corrected chi connectivity index (χ3v) is 17.0. The second kappa shape index (κ2) is 12.8. The first-order valence-electron chi connectivity index (χ1n) is 19.8. The summed E-state index contributed by atoms with van der Waals surface area (Å²) < 4.78 is 16.3. The summed E-state index contributed by atoms with van der Waals surface area (Å²) in [5.74, 6) is 1.81. The molecule has 0 N–H and O–H groups in total. The summed E-state index contributed by atoms with van der Waals surface area (Å²) in [5, 5.41) is 9.76. The van der Waals surface area contributed by atoms with Gasteiger partial charge in [0, 0.05) is 38.4 Å². The van der Waals surface area contributed by atoms with Crippen molar-refractivity contribution in [3.63, 3.8) is 0 Å². The first-order chi connectivity index (χ1) is 28.8. The van der Waals surface area contributed by atoms with Crippen molar-refractivity contribution in [3.8, 4) is 39.4 Å². The fourth-order valence-corrected chi connectivity index (χ4v) is 14.6. The standard InChI is InChI=1S/C54H35NO2Si/c1-4-16-36(17-5-1)37-30-32-48-45(34-37)41-22-10-11-26-47(41)55(48)38-31-33-49-46(35-38)44-24-14-23-42(53(44)56-49)43-25-15-29-52-54(43)57-50-27-12-13-28-51(50)58(52,39-18-6-2-7-19-39)40-20-8-3-9-21-40/h1-35H. The minimum Gasteiger partial charge on any atom is -0.457 e. The summed E-state index contributed by atoms with van der Waals surface area (Å²) in [4.78, 5) is 0. The van der Waals surface area contributed by atoms with Gasteiger partial charge in [-0.25, -0.2) is 0 Å². The van der Waals surface area contributed by atoms with E-state index in [1.54, 1.807) is 0 Å². The number of hydrogen-bond acceptors (Lipinski definition) is 2. The predicted octanol–water partition coefficient (Wildman–Crippen LogP) is 11.5. The number of aromatic nitrogens is 1. The third kappa shape index (κ3) is 4.73. The monoisotopic (exact) mass is 757 g/mol. The number of furan rings is 1. The molecule has 4 heteroatoms. The van der Waals surface area contributed by atoms with E-state index in [9.17, 15) is 0 Å². The molecule has 9 aromatic carbocycles. The molecule has 0 amide bonds. The Morgan fingerprint density at radius 1 is 0.397 bits per heavy atom. The number of rotatable bonds is 5. The van der Waals surface area contributed by atoms with E-state index >= 15 is 0 Å². The lowest BCUT2D eigenvalue weighted by molar-refractivity contribution is 0.489. The Labute approximate surface area is 336 Å². The van der Waals surface area contributed by atoms with Gasteiger partial charge in [0.15, 0.2) is 8.07 Å². The molecule has 0 aliphatic carbocycles. The van der Waals surface area contributed by atoms with Gasteiger partial charge in [-0.1, -0.05) is 170 Å². The maximum atomic E-state index is 7.06. The highest BCUT2D eigenvalue weighted by Gasteiger charge is 2.48. The van der Waals surface area contributed by atoms with Gasteiger partial charge >= 0.3 is 0 Å². The van der Waals surface area contributed by atoms with Crippen LogP contribution in [0.4, 0.5) is 0 Å². The van der Waals surface area contributed by atoms with Crippen LogP contribution in [0.25, 0.3) is 71.7 Å². The van der Waals surface area contributed by atoms with Gasteiger partial charge in [0.1, 0.15) is 22.7 Å². The van der Waals surface area contributed by atoms with E-state index in [2.05, 4.69) is 217 Å². The third-order valence-electron chi connectivity index (χ3n) is 12.1. The number of nitrogens with zero attached hydrogens (tertiary/aromatic N) is 1. The summed E-state index contributed by atoms with van der Waals surface area (Å²) in [7, 11) is -2.80. The van der Waals surface area contributed by atoms with Crippen molar-refractivity contribution >= 4 is 72.6 Å². The van der Waals surface area contributed by atoms with Gasteiger partial charge in [-0.15, -0.1) is 0 Å². The summed E-state index contributed by atoms with van der Waals surface area (Å²) in [5.41, 5.74) is 9.61. The van der Waals surface area contributed by atoms with Crippen LogP contribution in [-0.2, 0) is 0 Å². The Morgan fingerprint density at radius 3 is 1.84 bits per heavy atom. The summed E-state index contributed by atoms with van der Waals surface area (Å²) in [6.45, 7) is 0. The molecule has 2 aromatic heterocycles. The van der Waals surface area contributed by atoms with E-state index < -0.39 is 8.07 Å². The van der Waals surface area contributed by atoms with Crippen molar-refractivity contribution in [1.82, 2.24) is 4.57 Å². The normalized spacial score (nSPS) is 13.1. The van der Waals surface area contributed by atoms with Crippen LogP contribution in [-0.4, -0.2) is 12.6 Å². The first kappa shape index (κ1) is 32.8. The lowest BCUT2D eigenvalue weighted by Crippen LogP contribution is -2.76. The molecule has 1 aliphatic heterocycles. The fourth-order valence-electron chi connectivity index (χ4n) is 9.64. The Morgan fingerprint density at radius 2 is 1.03 bits per heavy atom. The van der Waals surface area contributed by atoms with Crippen LogP contribution in [0.3, 0.4) is 0 Å². The van der Waals surface area contributed by atoms with E-state index in [4.69, 9.17) is 9.15 Å². The van der Waals surface area contributed by atoms with Crippen molar-refractivity contribution in [2.45, 2.75) is 0 Å². The molecule has 0 saturated heterocycles. The van der Waals surface area contributed by atoms with Crippen molar-refractivity contribution in [1.29, 1.82) is 0 Å². The molecule has 0 bridgehead atoms. The van der Waals surface area contributed by atoms with Crippen LogP contribution in [0.15, 0.2) is 217 Å². The molecule has 0 unspecified atom stereocenters. The molecular weight excluding hydrogens is 723 g/mol. The molecular formula is C54H35NO2Si. The largest absolute Gasteiger partial charge is 0.457 e. The van der Waals surface area contributed by atoms with Gasteiger partial charge in [-0.05, 0) is 74.3 Å². The maximum Gasteiger partial charge on any atom is 0.188 e. The molecule has 3 nitrogen and oxygen atoms in total. The highest BCUT2D eigenvalue weighted by Crippen LogP contribution is 2.43. The van der Waals surface area contributed by atoms with Crippen LogP contribution < -0.4 is 25.5 Å². The molecule has 11 aromatic rings. The van der Waals surface area contributed by atoms with E-state index in [0.29, 0.717) is 0 Å². The van der Waals surface area contributed by atoms with Crippen LogP contribution in [0.5, 0.6) is 11.5 Å². The topological polar surface area (TPSA) is 27.3 Å². The van der Waals surface area contributed by atoms with Crippen molar-refractivity contribution in [2.24, 2.45) is 0 Å². The van der Waals surface area contributed by atoms with Crippen LogP contribution >= 0.6 is 0 Å². The summed E-state index contributed by atoms with van der Waals surface area (Å²) in [6, 6.07) is 76.7. The van der Waals surface area contributed by atoms with Gasteiger partial charge in [-0.2, -0.15) is 0 Å². The van der Waals surface area contributed by atoms with Crippen molar-refractivity contribution in [2.75, 3.05) is 0 Å². The zero-order valence-corrected chi connectivity index (χ0v) is 32.5. The number of para-hydroxylation sites is 4. The quantitative estimate of drug-likeness (QED) is 0.164. The highest BCUT2D eigenvalue weighted by atomic mass is 28.3. The molecule has 0 radical (unpaired) electrons. The fraction of sp³-hybridized carbons (Fsp3) is 0. The smallest absolute Gasteiger partial charge is 0.188 e. The molecule has 0 saturated carbocycles. The van der Waals surface area contributed by atoms with Gasteiger partial charge in [0.25, 0.3) is 0 Å². The molecule has 272 valence electrons. The molecule has 58 heavy (non-hydrogen) atoms. The van der Waals surface area contributed by atoms with Crippen LogP contribution in [0.2, 0.25) is 0 Å². The van der Waals surface area contributed by atoms with E-state index in [0.717, 1.165) is 50.3 Å². The average Bonchev–Trinajstić information content (AvgIpc) is 3.84. The molecule has 3 heterocycles. The second-order valence-electron chi connectivity index (χ2n) is 15.2. The minimum absolute atomic E-state index is 0.853. The SMILES string of the molecule is c1ccc(-c2ccc3c(c2)c2ccccc2n3-c2ccc3oc4c(-c5cccc6c5Oc5ccccc5[Si]6(c5ccccc5)c5ccccc5)cccc4c3c2)cc1. The Hall–Kier alpha value is -7.40. The van der Waals surface area contributed by atoms with Gasteiger partial charge in [0.2, 0.25) is 0 Å². The van der Waals surface area contributed by atoms with E-state index in [-0.39, 0.29) is 0 Å². The minimum atomic E-state index is -2.80. The number of ether oxygens (including phenoxy) is 1.